The number of rotatable bonds is 4. The van der Waals surface area contributed by atoms with Crippen LogP contribution >= 0.6 is 7.82 Å². The number of hydrogen-bond donors (Lipinski definition) is 4. The van der Waals surface area contributed by atoms with Gasteiger partial charge in [-0.15, -0.1) is 0 Å². The van der Waals surface area contributed by atoms with Crippen LogP contribution in [0.3, 0.4) is 0 Å². The summed E-state index contributed by atoms with van der Waals surface area (Å²) in [7, 11) is -4.57. The van der Waals surface area contributed by atoms with Gasteiger partial charge in [0.2, 0.25) is 0 Å². The first-order valence-electron chi connectivity index (χ1n) is 6.17. The van der Waals surface area contributed by atoms with Gasteiger partial charge in [0.1, 0.15) is 5.82 Å². The van der Waals surface area contributed by atoms with Gasteiger partial charge in [-0.25, -0.2) is 9.36 Å². The minimum Gasteiger partial charge on any atom is -0.392 e. The van der Waals surface area contributed by atoms with Gasteiger partial charge < -0.3 is 20.6 Å². The van der Waals surface area contributed by atoms with Gasteiger partial charge in [-0.2, -0.15) is 4.98 Å². The average Bonchev–Trinajstić information content (AvgIpc) is 2.36. The molecule has 0 amide bonds. The molecule has 0 unspecified atom stereocenters. The Balaban J connectivity index is 2.10. The molecule has 0 saturated heterocycles. The minimum absolute atomic E-state index is 0.115. The molecule has 2 rings (SSSR count). The molecule has 10 heteroatoms. The molecule has 0 radical (unpaired) electrons. The topological polar surface area (TPSA) is 148 Å². The number of aliphatic hydroxyl groups is 1. The molecule has 5 N–H and O–H groups in total. The van der Waals surface area contributed by atoms with Crippen molar-refractivity contribution in [1.82, 2.24) is 9.55 Å². The highest BCUT2D eigenvalue weighted by Crippen LogP contribution is 2.37. The second-order valence-electron chi connectivity index (χ2n) is 4.75. The number of nitrogen functional groups attached to an aromatic ring is 1. The summed E-state index contributed by atoms with van der Waals surface area (Å²) < 4.78 is 16.4. The van der Waals surface area contributed by atoms with Crippen LogP contribution in [-0.2, 0) is 9.09 Å². The summed E-state index contributed by atoms with van der Waals surface area (Å²) in [6.07, 6.45) is 4.03. The molecular formula is C11H16N3O6P. The molecular weight excluding hydrogens is 301 g/mol. The molecule has 0 saturated carbocycles. The van der Waals surface area contributed by atoms with Gasteiger partial charge in [0.25, 0.3) is 0 Å². The van der Waals surface area contributed by atoms with Crippen LogP contribution in [0, 0.1) is 5.92 Å². The van der Waals surface area contributed by atoms with Crippen LogP contribution < -0.4 is 11.4 Å². The molecule has 1 aromatic heterocycles. The molecule has 1 aliphatic rings. The van der Waals surface area contributed by atoms with Crippen LogP contribution in [-0.4, -0.2) is 37.2 Å². The lowest BCUT2D eigenvalue weighted by atomic mass is 9.90. The van der Waals surface area contributed by atoms with Crippen molar-refractivity contribution in [2.45, 2.75) is 18.6 Å². The number of phosphoric ester groups is 1. The van der Waals surface area contributed by atoms with E-state index in [1.54, 1.807) is 12.2 Å². The number of anilines is 1. The van der Waals surface area contributed by atoms with Crippen LogP contribution in [0.15, 0.2) is 29.2 Å². The Kier molecular flexibility index (Phi) is 4.60. The van der Waals surface area contributed by atoms with Gasteiger partial charge in [0, 0.05) is 12.1 Å². The highest BCUT2D eigenvalue weighted by Gasteiger charge is 2.28. The first-order valence-corrected chi connectivity index (χ1v) is 7.70. The Bertz CT molecular complexity index is 639. The summed E-state index contributed by atoms with van der Waals surface area (Å²) in [4.78, 5) is 32.6. The average molecular weight is 317 g/mol. The van der Waals surface area contributed by atoms with E-state index in [-0.39, 0.29) is 18.8 Å². The molecule has 0 fully saturated rings. The predicted octanol–water partition coefficient (Wildman–Crippen LogP) is -0.587. The number of phosphoric acid groups is 1. The maximum absolute atomic E-state index is 11.7. The Morgan fingerprint density at radius 2 is 2.19 bits per heavy atom. The molecule has 116 valence electrons. The van der Waals surface area contributed by atoms with E-state index in [0.717, 1.165) is 0 Å². The molecule has 1 heterocycles. The van der Waals surface area contributed by atoms with E-state index >= 15 is 0 Å². The van der Waals surface area contributed by atoms with E-state index in [1.165, 1.54) is 16.8 Å². The van der Waals surface area contributed by atoms with Crippen LogP contribution in [0.2, 0.25) is 0 Å². The van der Waals surface area contributed by atoms with Crippen molar-refractivity contribution >= 4 is 13.6 Å². The summed E-state index contributed by atoms with van der Waals surface area (Å²) in [5.41, 5.74) is 4.88. The first-order chi connectivity index (χ1) is 9.76. The van der Waals surface area contributed by atoms with Crippen molar-refractivity contribution in [3.05, 3.63) is 34.9 Å². The van der Waals surface area contributed by atoms with Gasteiger partial charge in [-0.3, -0.25) is 9.09 Å². The molecule has 0 aliphatic heterocycles. The third-order valence-electron chi connectivity index (χ3n) is 3.20. The molecule has 3 atom stereocenters. The number of allylic oxidation sites excluding steroid dienone is 1. The zero-order valence-corrected chi connectivity index (χ0v) is 11.8. The fraction of sp³-hybridized carbons (Fsp3) is 0.455. The van der Waals surface area contributed by atoms with Crippen LogP contribution in [0.1, 0.15) is 12.5 Å². The van der Waals surface area contributed by atoms with E-state index in [1.807, 2.05) is 0 Å². The lowest BCUT2D eigenvalue weighted by Crippen LogP contribution is -2.34. The number of aromatic nitrogens is 2. The second-order valence-corrected chi connectivity index (χ2v) is 5.99. The third kappa shape index (κ3) is 4.23. The van der Waals surface area contributed by atoms with Gasteiger partial charge >= 0.3 is 13.5 Å². The molecule has 0 bridgehead atoms. The smallest absolute Gasteiger partial charge is 0.392 e. The number of hydrogen-bond acceptors (Lipinski definition) is 6. The second kappa shape index (κ2) is 6.08. The van der Waals surface area contributed by atoms with E-state index in [4.69, 9.17) is 15.5 Å². The van der Waals surface area contributed by atoms with E-state index in [2.05, 4.69) is 9.51 Å². The fourth-order valence-electron chi connectivity index (χ4n) is 2.13. The summed E-state index contributed by atoms with van der Waals surface area (Å²) >= 11 is 0. The summed E-state index contributed by atoms with van der Waals surface area (Å²) in [6, 6.07) is 1.08. The van der Waals surface area contributed by atoms with Gasteiger partial charge in [0.05, 0.1) is 18.8 Å². The van der Waals surface area contributed by atoms with Gasteiger partial charge in [0.15, 0.2) is 0 Å². The zero-order chi connectivity index (χ0) is 15.6. The van der Waals surface area contributed by atoms with Crippen LogP contribution in [0.25, 0.3) is 0 Å². The number of aliphatic hydroxyl groups excluding tert-OH is 1. The monoisotopic (exact) mass is 317 g/mol. The highest BCUT2D eigenvalue weighted by atomic mass is 31.2. The standard InChI is InChI=1S/C11H16N3O6P/c12-10-3-4-14(11(16)13-10)8-2-1-7(9(15)5-8)6-20-21(17,18)19/h1-4,7-9,15H,5-6H2,(H2,12,13,16)(H2,17,18,19)/t7-,8-,9+/m1/s1. The lowest BCUT2D eigenvalue weighted by Gasteiger charge is -2.28. The Hall–Kier alpha value is -1.51. The number of nitrogens with two attached hydrogens (primary N) is 1. The van der Waals surface area contributed by atoms with Crippen molar-refractivity contribution in [2.24, 2.45) is 5.92 Å². The van der Waals surface area contributed by atoms with Crippen molar-refractivity contribution in [3.8, 4) is 0 Å². The predicted molar refractivity (Wildman–Crippen MR) is 73.2 cm³/mol. The normalized spacial score (nSPS) is 26.0. The van der Waals surface area contributed by atoms with E-state index < -0.39 is 31.6 Å². The summed E-state index contributed by atoms with van der Waals surface area (Å²) in [5.74, 6) is -0.434. The summed E-state index contributed by atoms with van der Waals surface area (Å²) in [5, 5.41) is 10.00. The maximum atomic E-state index is 11.7. The molecule has 21 heavy (non-hydrogen) atoms. The Morgan fingerprint density at radius 3 is 2.76 bits per heavy atom. The highest BCUT2D eigenvalue weighted by molar-refractivity contribution is 7.46. The van der Waals surface area contributed by atoms with E-state index in [9.17, 15) is 14.5 Å². The lowest BCUT2D eigenvalue weighted by molar-refractivity contribution is 0.0659. The van der Waals surface area contributed by atoms with Crippen molar-refractivity contribution in [3.63, 3.8) is 0 Å². The van der Waals surface area contributed by atoms with Crippen LogP contribution in [0.4, 0.5) is 5.82 Å². The number of nitrogens with zero attached hydrogens (tertiary/aromatic N) is 2. The van der Waals surface area contributed by atoms with E-state index in [0.29, 0.717) is 0 Å². The third-order valence-corrected chi connectivity index (χ3v) is 3.69. The zero-order valence-electron chi connectivity index (χ0n) is 10.9. The van der Waals surface area contributed by atoms with Crippen LogP contribution in [0.5, 0.6) is 0 Å². The Morgan fingerprint density at radius 1 is 1.48 bits per heavy atom. The molecule has 9 nitrogen and oxygen atoms in total. The quantitative estimate of drug-likeness (QED) is 0.425. The molecule has 0 aromatic carbocycles. The molecule has 0 spiro atoms. The van der Waals surface area contributed by atoms with Gasteiger partial charge in [-0.05, 0) is 12.5 Å². The first kappa shape index (κ1) is 15.9. The fourth-order valence-corrected chi connectivity index (χ4v) is 2.50. The SMILES string of the molecule is Nc1ccn([C@@H]2C=C[C@H](COP(=O)(O)O)[C@@H](O)C2)c(=O)n1. The van der Waals surface area contributed by atoms with Crippen molar-refractivity contribution < 1.29 is 24.0 Å². The summed E-state index contributed by atoms with van der Waals surface area (Å²) in [6.45, 7) is -0.302. The largest absolute Gasteiger partial charge is 0.469 e. The van der Waals surface area contributed by atoms with Gasteiger partial charge in [-0.1, -0.05) is 12.2 Å². The minimum atomic E-state index is -4.57. The van der Waals surface area contributed by atoms with Crippen molar-refractivity contribution in [1.29, 1.82) is 0 Å². The molecule has 1 aliphatic carbocycles. The maximum Gasteiger partial charge on any atom is 0.469 e. The van der Waals surface area contributed by atoms with Crippen molar-refractivity contribution in [2.75, 3.05) is 12.3 Å². The Labute approximate surface area is 119 Å². The molecule has 1 aromatic rings.